The summed E-state index contributed by atoms with van der Waals surface area (Å²) in [7, 11) is 1.66. The minimum absolute atomic E-state index is 0.0210. The number of nitrogens with zero attached hydrogens (tertiary/aromatic N) is 3. The molecule has 1 aromatic heterocycles. The van der Waals surface area contributed by atoms with E-state index in [1.54, 1.807) is 19.2 Å². The van der Waals surface area contributed by atoms with Crippen molar-refractivity contribution in [2.75, 3.05) is 39.8 Å². The van der Waals surface area contributed by atoms with Gasteiger partial charge in [0.25, 0.3) is 5.91 Å². The Hall–Kier alpha value is -2.64. The zero-order valence-electron chi connectivity index (χ0n) is 19.0. The first kappa shape index (κ1) is 24.5. The van der Waals surface area contributed by atoms with E-state index in [0.717, 1.165) is 36.5 Å². The molecule has 8 heteroatoms. The molecule has 2 aromatic carbocycles. The zero-order chi connectivity index (χ0) is 23.9. The van der Waals surface area contributed by atoms with E-state index in [9.17, 15) is 4.79 Å². The summed E-state index contributed by atoms with van der Waals surface area (Å²) in [4.78, 5) is 21.0. The van der Waals surface area contributed by atoms with Crippen LogP contribution in [0.5, 0.6) is 5.75 Å². The fraction of sp³-hybridized carbons (Fsp3) is 0.308. The Bertz CT molecular complexity index is 1090. The molecule has 1 aliphatic heterocycles. The summed E-state index contributed by atoms with van der Waals surface area (Å²) in [5.74, 6) is 0.785. The van der Waals surface area contributed by atoms with Crippen molar-refractivity contribution in [3.8, 4) is 5.75 Å². The van der Waals surface area contributed by atoms with Crippen LogP contribution in [-0.2, 0) is 11.3 Å². The number of aromatic nitrogens is 1. The molecule has 1 aliphatic rings. The Morgan fingerprint density at radius 3 is 2.47 bits per heavy atom. The molecule has 0 aliphatic carbocycles. The molecule has 0 bridgehead atoms. The van der Waals surface area contributed by atoms with Crippen molar-refractivity contribution in [3.05, 3.63) is 93.7 Å². The van der Waals surface area contributed by atoms with Crippen LogP contribution in [0.25, 0.3) is 0 Å². The normalized spacial score (nSPS) is 15.2. The molecule has 1 fully saturated rings. The van der Waals surface area contributed by atoms with Crippen LogP contribution in [0.4, 0.5) is 0 Å². The summed E-state index contributed by atoms with van der Waals surface area (Å²) < 4.78 is 11.7. The number of rotatable bonds is 8. The maximum absolute atomic E-state index is 12.8. The predicted octanol–water partition coefficient (Wildman–Crippen LogP) is 5.11. The van der Waals surface area contributed by atoms with Crippen LogP contribution in [0, 0.1) is 0 Å². The predicted molar refractivity (Wildman–Crippen MR) is 134 cm³/mol. The van der Waals surface area contributed by atoms with Crippen molar-refractivity contribution in [2.45, 2.75) is 12.7 Å². The summed E-state index contributed by atoms with van der Waals surface area (Å²) in [5, 5.41) is 1.07. The van der Waals surface area contributed by atoms with Gasteiger partial charge < -0.3 is 14.4 Å². The van der Waals surface area contributed by atoms with Crippen LogP contribution in [-0.4, -0.2) is 60.5 Å². The first-order valence-electron chi connectivity index (χ1n) is 11.1. The molecular weight excluding hydrogens is 473 g/mol. The highest BCUT2D eigenvalue weighted by molar-refractivity contribution is 6.30. The Morgan fingerprint density at radius 1 is 1.03 bits per heavy atom. The molecule has 178 valence electrons. The van der Waals surface area contributed by atoms with E-state index in [-0.39, 0.29) is 12.0 Å². The van der Waals surface area contributed by atoms with E-state index < -0.39 is 0 Å². The molecule has 2 heterocycles. The molecule has 1 unspecified atom stereocenters. The third-order valence-electron chi connectivity index (χ3n) is 5.88. The van der Waals surface area contributed by atoms with Crippen molar-refractivity contribution in [1.82, 2.24) is 14.8 Å². The van der Waals surface area contributed by atoms with E-state index in [0.29, 0.717) is 35.4 Å². The Morgan fingerprint density at radius 2 is 1.79 bits per heavy atom. The summed E-state index contributed by atoms with van der Waals surface area (Å²) in [6, 6.07) is 19.0. The Kier molecular flexibility index (Phi) is 8.40. The van der Waals surface area contributed by atoms with Crippen LogP contribution >= 0.6 is 23.2 Å². The number of amides is 1. The van der Waals surface area contributed by atoms with Crippen molar-refractivity contribution < 1.29 is 14.3 Å². The van der Waals surface area contributed by atoms with Gasteiger partial charge in [-0.3, -0.25) is 9.69 Å². The molecule has 0 N–H and O–H groups in total. The molecule has 4 rings (SSSR count). The number of carbonyl (C=O) groups excluding carboxylic acids is 1. The number of halogens is 2. The quantitative estimate of drug-likeness (QED) is 0.403. The summed E-state index contributed by atoms with van der Waals surface area (Å²) in [6.45, 7) is 4.00. The molecule has 0 radical (unpaired) electrons. The molecule has 34 heavy (non-hydrogen) atoms. The highest BCUT2D eigenvalue weighted by Gasteiger charge is 2.25. The molecule has 0 spiro atoms. The lowest BCUT2D eigenvalue weighted by atomic mass is 10.1. The molecule has 1 atom stereocenters. The van der Waals surface area contributed by atoms with Crippen molar-refractivity contribution >= 4 is 29.1 Å². The lowest BCUT2D eigenvalue weighted by Gasteiger charge is -2.36. The molecule has 0 saturated carbocycles. The standard InChI is InChI=1S/C26H27Cl2N3O3/c1-33-23-4-2-3-19(15-23)18-34-24(20-5-8-22(27)9-6-20)17-30-11-13-31(14-12-30)26(32)21-7-10-25(28)29-16-21/h2-10,15-16,24H,11-14,17-18H2,1H3. The summed E-state index contributed by atoms with van der Waals surface area (Å²) in [6.07, 6.45) is 1.39. The summed E-state index contributed by atoms with van der Waals surface area (Å²) >= 11 is 11.9. The van der Waals surface area contributed by atoms with Gasteiger partial charge in [0, 0.05) is 43.9 Å². The van der Waals surface area contributed by atoms with Crippen LogP contribution in [0.3, 0.4) is 0 Å². The molecule has 3 aromatic rings. The SMILES string of the molecule is COc1cccc(COC(CN2CCN(C(=O)c3ccc(Cl)nc3)CC2)c2ccc(Cl)cc2)c1. The number of hydrogen-bond donors (Lipinski definition) is 0. The lowest BCUT2D eigenvalue weighted by Crippen LogP contribution is -2.49. The fourth-order valence-electron chi connectivity index (χ4n) is 3.94. The number of ether oxygens (including phenoxy) is 2. The van der Waals surface area contributed by atoms with Crippen molar-refractivity contribution in [3.63, 3.8) is 0 Å². The largest absolute Gasteiger partial charge is 0.497 e. The number of carbonyl (C=O) groups is 1. The van der Waals surface area contributed by atoms with Gasteiger partial charge in [-0.05, 0) is 47.5 Å². The number of piperazine rings is 1. The van der Waals surface area contributed by atoms with E-state index in [2.05, 4.69) is 9.88 Å². The van der Waals surface area contributed by atoms with Gasteiger partial charge in [0.1, 0.15) is 10.9 Å². The van der Waals surface area contributed by atoms with Gasteiger partial charge in [-0.25, -0.2) is 4.98 Å². The topological polar surface area (TPSA) is 54.9 Å². The van der Waals surface area contributed by atoms with Crippen LogP contribution in [0.1, 0.15) is 27.6 Å². The summed E-state index contributed by atoms with van der Waals surface area (Å²) in [5.41, 5.74) is 2.67. The molecular formula is C26H27Cl2N3O3. The second-order valence-electron chi connectivity index (χ2n) is 8.17. The highest BCUT2D eigenvalue weighted by atomic mass is 35.5. The Labute approximate surface area is 210 Å². The molecule has 1 amide bonds. The zero-order valence-corrected chi connectivity index (χ0v) is 20.5. The van der Waals surface area contributed by atoms with E-state index in [4.69, 9.17) is 32.7 Å². The fourth-order valence-corrected chi connectivity index (χ4v) is 4.18. The minimum Gasteiger partial charge on any atom is -0.497 e. The molecule has 6 nitrogen and oxygen atoms in total. The monoisotopic (exact) mass is 499 g/mol. The van der Waals surface area contributed by atoms with Gasteiger partial charge in [-0.1, -0.05) is 47.5 Å². The molecule has 1 saturated heterocycles. The van der Waals surface area contributed by atoms with Gasteiger partial charge in [-0.15, -0.1) is 0 Å². The van der Waals surface area contributed by atoms with Crippen LogP contribution < -0.4 is 4.74 Å². The third kappa shape index (κ3) is 6.48. The Balaban J connectivity index is 1.38. The number of hydrogen-bond acceptors (Lipinski definition) is 5. The van der Waals surface area contributed by atoms with Crippen molar-refractivity contribution in [1.29, 1.82) is 0 Å². The van der Waals surface area contributed by atoms with E-state index in [1.807, 2.05) is 53.4 Å². The third-order valence-corrected chi connectivity index (χ3v) is 6.36. The van der Waals surface area contributed by atoms with Gasteiger partial charge >= 0.3 is 0 Å². The number of benzene rings is 2. The number of pyridine rings is 1. The second-order valence-corrected chi connectivity index (χ2v) is 8.99. The van der Waals surface area contributed by atoms with Crippen LogP contribution in [0.2, 0.25) is 10.2 Å². The average Bonchev–Trinajstić information content (AvgIpc) is 2.87. The van der Waals surface area contributed by atoms with E-state index >= 15 is 0 Å². The van der Waals surface area contributed by atoms with Gasteiger partial charge in [0.2, 0.25) is 0 Å². The average molecular weight is 500 g/mol. The van der Waals surface area contributed by atoms with Crippen molar-refractivity contribution in [2.24, 2.45) is 0 Å². The minimum atomic E-state index is -0.133. The highest BCUT2D eigenvalue weighted by Crippen LogP contribution is 2.24. The van der Waals surface area contributed by atoms with Gasteiger partial charge in [0.05, 0.1) is 25.4 Å². The first-order valence-corrected chi connectivity index (χ1v) is 11.9. The second kappa shape index (κ2) is 11.7. The lowest BCUT2D eigenvalue weighted by molar-refractivity contribution is 0.00337. The maximum atomic E-state index is 12.8. The first-order chi connectivity index (χ1) is 16.5. The van der Waals surface area contributed by atoms with Crippen LogP contribution in [0.15, 0.2) is 66.9 Å². The smallest absolute Gasteiger partial charge is 0.255 e. The van der Waals surface area contributed by atoms with Gasteiger partial charge in [-0.2, -0.15) is 0 Å². The van der Waals surface area contributed by atoms with E-state index in [1.165, 1.54) is 6.20 Å². The maximum Gasteiger partial charge on any atom is 0.255 e. The van der Waals surface area contributed by atoms with Gasteiger partial charge in [0.15, 0.2) is 0 Å². The number of methoxy groups -OCH3 is 1.